The highest BCUT2D eigenvalue weighted by atomic mass is 32.1. The highest BCUT2D eigenvalue weighted by molar-refractivity contribution is 7.15. The number of carboxylic acids is 1. The van der Waals surface area contributed by atoms with Gasteiger partial charge in [-0.1, -0.05) is 39.0 Å². The summed E-state index contributed by atoms with van der Waals surface area (Å²) in [6.45, 7) is 7.72. The van der Waals surface area contributed by atoms with E-state index < -0.39 is 17.9 Å². The third-order valence-corrected chi connectivity index (χ3v) is 3.86. The average molecular weight is 300 g/mol. The first-order chi connectivity index (χ1) is 9.11. The van der Waals surface area contributed by atoms with Crippen molar-refractivity contribution in [1.82, 2.24) is 15.1 Å². The van der Waals surface area contributed by atoms with Gasteiger partial charge >= 0.3 is 12.0 Å². The SMILES string of the molecule is CC(CN(C)C(=O)Nc1nnc(C(C)(C)C)s1)C(=O)O. The molecule has 1 unspecified atom stereocenters. The molecule has 0 radical (unpaired) electrons. The number of rotatable bonds is 4. The van der Waals surface area contributed by atoms with E-state index in [-0.39, 0.29) is 12.0 Å². The molecule has 0 saturated carbocycles. The highest BCUT2D eigenvalue weighted by Gasteiger charge is 2.21. The summed E-state index contributed by atoms with van der Waals surface area (Å²) in [6.07, 6.45) is 0. The summed E-state index contributed by atoms with van der Waals surface area (Å²) >= 11 is 1.31. The van der Waals surface area contributed by atoms with E-state index in [1.165, 1.54) is 16.2 Å². The van der Waals surface area contributed by atoms with Gasteiger partial charge in [0.25, 0.3) is 0 Å². The summed E-state index contributed by atoms with van der Waals surface area (Å²) < 4.78 is 0. The summed E-state index contributed by atoms with van der Waals surface area (Å²) in [6, 6.07) is -0.394. The first-order valence-electron chi connectivity index (χ1n) is 6.20. The molecule has 7 nitrogen and oxygen atoms in total. The predicted molar refractivity (Wildman–Crippen MR) is 77.1 cm³/mol. The van der Waals surface area contributed by atoms with Crippen LogP contribution in [0.1, 0.15) is 32.7 Å². The highest BCUT2D eigenvalue weighted by Crippen LogP contribution is 2.27. The quantitative estimate of drug-likeness (QED) is 0.887. The minimum atomic E-state index is -0.935. The maximum absolute atomic E-state index is 11.9. The van der Waals surface area contributed by atoms with Gasteiger partial charge in [0.1, 0.15) is 5.01 Å². The number of nitrogens with zero attached hydrogens (tertiary/aromatic N) is 3. The number of hydrogen-bond acceptors (Lipinski definition) is 5. The van der Waals surface area contributed by atoms with Crippen LogP contribution in [0, 0.1) is 5.92 Å². The summed E-state index contributed by atoms with van der Waals surface area (Å²) in [7, 11) is 1.54. The van der Waals surface area contributed by atoms with Gasteiger partial charge in [-0.25, -0.2) is 4.79 Å². The van der Waals surface area contributed by atoms with Crippen molar-refractivity contribution in [2.45, 2.75) is 33.1 Å². The van der Waals surface area contributed by atoms with Crippen molar-refractivity contribution in [2.75, 3.05) is 18.9 Å². The van der Waals surface area contributed by atoms with Crippen molar-refractivity contribution >= 4 is 28.5 Å². The van der Waals surface area contributed by atoms with E-state index in [2.05, 4.69) is 15.5 Å². The Labute approximate surface area is 122 Å². The van der Waals surface area contributed by atoms with E-state index in [9.17, 15) is 9.59 Å². The standard InChI is InChI=1S/C12H20N4O3S/c1-7(8(17)18)6-16(5)11(19)13-10-15-14-9(20-10)12(2,3)4/h7H,6H2,1-5H3,(H,17,18)(H,13,15,19). The van der Waals surface area contributed by atoms with E-state index in [0.29, 0.717) is 5.13 Å². The van der Waals surface area contributed by atoms with Crippen molar-refractivity contribution in [3.63, 3.8) is 0 Å². The molecule has 2 amide bonds. The Balaban J connectivity index is 2.62. The first kappa shape index (κ1) is 16.4. The van der Waals surface area contributed by atoms with Gasteiger partial charge in [-0.05, 0) is 0 Å². The number of aromatic nitrogens is 2. The van der Waals surface area contributed by atoms with Crippen LogP contribution in [0.2, 0.25) is 0 Å². The molecule has 1 aromatic rings. The molecular formula is C12H20N4O3S. The minimum absolute atomic E-state index is 0.121. The zero-order valence-corrected chi connectivity index (χ0v) is 13.1. The monoisotopic (exact) mass is 300 g/mol. The number of urea groups is 1. The van der Waals surface area contributed by atoms with Crippen LogP contribution in [0.15, 0.2) is 0 Å². The third-order valence-electron chi connectivity index (χ3n) is 2.60. The second-order valence-electron chi connectivity index (χ2n) is 5.71. The summed E-state index contributed by atoms with van der Waals surface area (Å²) in [4.78, 5) is 24.0. The first-order valence-corrected chi connectivity index (χ1v) is 7.02. The van der Waals surface area contributed by atoms with E-state index in [0.717, 1.165) is 5.01 Å². The van der Waals surface area contributed by atoms with E-state index in [1.807, 2.05) is 20.8 Å². The Morgan fingerprint density at radius 2 is 2.00 bits per heavy atom. The number of carboxylic acid groups (broad SMARTS) is 1. The van der Waals surface area contributed by atoms with Crippen molar-refractivity contribution in [3.8, 4) is 0 Å². The van der Waals surface area contributed by atoms with E-state index >= 15 is 0 Å². The number of aliphatic carboxylic acids is 1. The van der Waals surface area contributed by atoms with Crippen LogP contribution in [0.5, 0.6) is 0 Å². The van der Waals surface area contributed by atoms with Crippen molar-refractivity contribution in [3.05, 3.63) is 5.01 Å². The van der Waals surface area contributed by atoms with Crippen LogP contribution < -0.4 is 5.32 Å². The number of hydrogen-bond donors (Lipinski definition) is 2. The lowest BCUT2D eigenvalue weighted by atomic mass is 9.98. The van der Waals surface area contributed by atoms with Gasteiger partial charge in [0, 0.05) is 19.0 Å². The topological polar surface area (TPSA) is 95.4 Å². The molecule has 0 saturated heterocycles. The zero-order chi connectivity index (χ0) is 15.5. The van der Waals surface area contributed by atoms with Crippen LogP contribution in [0.3, 0.4) is 0 Å². The molecule has 2 N–H and O–H groups in total. The smallest absolute Gasteiger partial charge is 0.323 e. The fraction of sp³-hybridized carbons (Fsp3) is 0.667. The molecule has 0 aliphatic rings. The molecule has 1 rings (SSSR count). The lowest BCUT2D eigenvalue weighted by Gasteiger charge is -2.19. The van der Waals surface area contributed by atoms with Crippen molar-refractivity contribution < 1.29 is 14.7 Å². The number of anilines is 1. The van der Waals surface area contributed by atoms with Crippen LogP contribution in [0.4, 0.5) is 9.93 Å². The van der Waals surface area contributed by atoms with Gasteiger partial charge in [-0.2, -0.15) is 0 Å². The maximum atomic E-state index is 11.9. The molecular weight excluding hydrogens is 280 g/mol. The van der Waals surface area contributed by atoms with Gasteiger partial charge in [0.2, 0.25) is 5.13 Å². The van der Waals surface area contributed by atoms with Crippen LogP contribution in [-0.4, -0.2) is 45.8 Å². The Morgan fingerprint density at radius 1 is 1.40 bits per heavy atom. The van der Waals surface area contributed by atoms with E-state index in [4.69, 9.17) is 5.11 Å². The van der Waals surface area contributed by atoms with Crippen LogP contribution >= 0.6 is 11.3 Å². The third kappa shape index (κ3) is 4.44. The average Bonchev–Trinajstić information content (AvgIpc) is 2.76. The van der Waals surface area contributed by atoms with Gasteiger partial charge in [-0.3, -0.25) is 10.1 Å². The number of carbonyl (C=O) groups excluding carboxylic acids is 1. The number of nitrogens with one attached hydrogen (secondary N) is 1. The van der Waals surface area contributed by atoms with Crippen molar-refractivity contribution in [2.24, 2.45) is 5.92 Å². The summed E-state index contributed by atoms with van der Waals surface area (Å²) in [5.74, 6) is -1.55. The minimum Gasteiger partial charge on any atom is -0.481 e. The lowest BCUT2D eigenvalue weighted by molar-refractivity contribution is -0.141. The number of carbonyl (C=O) groups is 2. The Morgan fingerprint density at radius 3 is 2.45 bits per heavy atom. The fourth-order valence-electron chi connectivity index (χ4n) is 1.34. The molecule has 1 atom stereocenters. The molecule has 20 heavy (non-hydrogen) atoms. The molecule has 0 fully saturated rings. The second-order valence-corrected chi connectivity index (χ2v) is 6.69. The van der Waals surface area contributed by atoms with Gasteiger partial charge in [0.05, 0.1) is 5.92 Å². The molecule has 0 aliphatic heterocycles. The Kier molecular flexibility index (Phi) is 5.04. The van der Waals surface area contributed by atoms with Crippen LogP contribution in [-0.2, 0) is 10.2 Å². The molecule has 8 heteroatoms. The Bertz CT molecular complexity index is 495. The summed E-state index contributed by atoms with van der Waals surface area (Å²) in [5.41, 5.74) is -0.121. The normalized spacial score (nSPS) is 12.8. The molecule has 0 aromatic carbocycles. The largest absolute Gasteiger partial charge is 0.481 e. The molecule has 0 spiro atoms. The Hall–Kier alpha value is -1.70. The maximum Gasteiger partial charge on any atom is 0.323 e. The predicted octanol–water partition coefficient (Wildman–Crippen LogP) is 2.02. The molecule has 0 bridgehead atoms. The summed E-state index contributed by atoms with van der Waals surface area (Å²) in [5, 5.41) is 20.6. The van der Waals surface area contributed by atoms with Crippen LogP contribution in [0.25, 0.3) is 0 Å². The zero-order valence-electron chi connectivity index (χ0n) is 12.3. The molecule has 1 heterocycles. The van der Waals surface area contributed by atoms with E-state index in [1.54, 1.807) is 14.0 Å². The molecule has 1 aromatic heterocycles. The van der Waals surface area contributed by atoms with Gasteiger partial charge in [-0.15, -0.1) is 10.2 Å². The van der Waals surface area contributed by atoms with Crippen molar-refractivity contribution in [1.29, 1.82) is 0 Å². The number of amides is 2. The van der Waals surface area contributed by atoms with Gasteiger partial charge < -0.3 is 10.0 Å². The fourth-order valence-corrected chi connectivity index (χ4v) is 2.13. The second kappa shape index (κ2) is 6.17. The lowest BCUT2D eigenvalue weighted by Crippen LogP contribution is -2.36. The van der Waals surface area contributed by atoms with Gasteiger partial charge in [0.15, 0.2) is 0 Å². The molecule has 0 aliphatic carbocycles. The molecule has 112 valence electrons.